The molecule has 0 N–H and O–H groups in total. The maximum absolute atomic E-state index is 13.5. The summed E-state index contributed by atoms with van der Waals surface area (Å²) in [7, 11) is 0. The summed E-state index contributed by atoms with van der Waals surface area (Å²) >= 11 is 0. The molecule has 0 aliphatic carbocycles. The van der Waals surface area contributed by atoms with Crippen molar-refractivity contribution in [3.63, 3.8) is 0 Å². The van der Waals surface area contributed by atoms with Gasteiger partial charge in [-0.3, -0.25) is 4.90 Å². The zero-order valence-corrected chi connectivity index (χ0v) is 11.2. The third-order valence-corrected chi connectivity index (χ3v) is 4.30. The molecule has 1 aromatic carbocycles. The van der Waals surface area contributed by atoms with Crippen molar-refractivity contribution < 1.29 is 4.39 Å². The van der Waals surface area contributed by atoms with Crippen molar-refractivity contribution in [2.24, 2.45) is 0 Å². The van der Waals surface area contributed by atoms with Crippen LogP contribution in [0.3, 0.4) is 0 Å². The Labute approximate surface area is 108 Å². The highest BCUT2D eigenvalue weighted by Crippen LogP contribution is 2.29. The van der Waals surface area contributed by atoms with E-state index in [0.717, 1.165) is 24.3 Å². The van der Waals surface area contributed by atoms with Gasteiger partial charge < -0.3 is 4.90 Å². The van der Waals surface area contributed by atoms with Crippen molar-refractivity contribution in [2.75, 3.05) is 24.5 Å². The number of anilines is 1. The zero-order chi connectivity index (χ0) is 12.7. The maximum atomic E-state index is 13.5. The van der Waals surface area contributed by atoms with Gasteiger partial charge in [0.25, 0.3) is 0 Å². The fourth-order valence-electron chi connectivity index (χ4n) is 3.43. The first-order valence-corrected chi connectivity index (χ1v) is 6.91. The van der Waals surface area contributed by atoms with Gasteiger partial charge in [0.1, 0.15) is 5.82 Å². The van der Waals surface area contributed by atoms with Gasteiger partial charge in [0.2, 0.25) is 0 Å². The molecule has 2 heterocycles. The molecule has 2 aliphatic heterocycles. The minimum atomic E-state index is -0.119. The normalized spacial score (nSPS) is 28.5. The van der Waals surface area contributed by atoms with Crippen molar-refractivity contribution >= 4 is 5.69 Å². The van der Waals surface area contributed by atoms with Crippen LogP contribution < -0.4 is 4.90 Å². The molecule has 3 heteroatoms. The van der Waals surface area contributed by atoms with E-state index in [1.54, 1.807) is 12.1 Å². The molecule has 0 aromatic heterocycles. The van der Waals surface area contributed by atoms with Crippen LogP contribution in [0.25, 0.3) is 0 Å². The van der Waals surface area contributed by atoms with Crippen molar-refractivity contribution in [3.8, 4) is 0 Å². The molecule has 0 radical (unpaired) electrons. The Morgan fingerprint density at radius 2 is 2.06 bits per heavy atom. The summed E-state index contributed by atoms with van der Waals surface area (Å²) in [5.74, 6) is -0.119. The van der Waals surface area contributed by atoms with Crippen molar-refractivity contribution in [3.05, 3.63) is 29.6 Å². The van der Waals surface area contributed by atoms with Crippen molar-refractivity contribution in [1.29, 1.82) is 0 Å². The Kier molecular flexibility index (Phi) is 3.02. The molecule has 0 spiro atoms. The fraction of sp³-hybridized carbons (Fsp3) is 0.600. The highest BCUT2D eigenvalue weighted by Gasteiger charge is 2.34. The van der Waals surface area contributed by atoms with Gasteiger partial charge in [-0.1, -0.05) is 0 Å². The summed E-state index contributed by atoms with van der Waals surface area (Å²) in [6.45, 7) is 7.60. The lowest BCUT2D eigenvalue weighted by Gasteiger charge is -2.43. The van der Waals surface area contributed by atoms with Crippen LogP contribution in [-0.2, 0) is 0 Å². The number of nitrogens with zero attached hydrogens (tertiary/aromatic N) is 2. The molecule has 2 fully saturated rings. The minimum absolute atomic E-state index is 0.119. The van der Waals surface area contributed by atoms with Crippen LogP contribution in [0.1, 0.15) is 25.3 Å². The van der Waals surface area contributed by atoms with Crippen LogP contribution in [0.5, 0.6) is 0 Å². The minimum Gasteiger partial charge on any atom is -0.366 e. The molecule has 2 atom stereocenters. The maximum Gasteiger partial charge on any atom is 0.125 e. The number of hydrogen-bond donors (Lipinski definition) is 0. The average molecular weight is 248 g/mol. The second kappa shape index (κ2) is 4.54. The largest absolute Gasteiger partial charge is 0.366 e. The molecule has 0 bridgehead atoms. The summed E-state index contributed by atoms with van der Waals surface area (Å²) in [5.41, 5.74) is 2.05. The molecule has 2 unspecified atom stereocenters. The Bertz CT molecular complexity index is 426. The van der Waals surface area contributed by atoms with E-state index >= 15 is 0 Å². The van der Waals surface area contributed by atoms with Crippen LogP contribution in [0.15, 0.2) is 18.2 Å². The van der Waals surface area contributed by atoms with Gasteiger partial charge in [0.15, 0.2) is 0 Å². The van der Waals surface area contributed by atoms with Crippen molar-refractivity contribution in [2.45, 2.75) is 38.8 Å². The summed E-state index contributed by atoms with van der Waals surface area (Å²) in [6, 6.07) is 6.52. The van der Waals surface area contributed by atoms with Gasteiger partial charge in [-0.25, -0.2) is 4.39 Å². The molecule has 98 valence electrons. The number of piperazine rings is 1. The number of aryl methyl sites for hydroxylation is 1. The quantitative estimate of drug-likeness (QED) is 0.754. The van der Waals surface area contributed by atoms with Gasteiger partial charge in [-0.15, -0.1) is 0 Å². The molecule has 2 nitrogen and oxygen atoms in total. The molecule has 2 saturated heterocycles. The molecule has 0 amide bonds. The summed E-state index contributed by atoms with van der Waals surface area (Å²) < 4.78 is 13.5. The van der Waals surface area contributed by atoms with Gasteiger partial charge in [-0.05, 0) is 57.0 Å². The topological polar surface area (TPSA) is 6.48 Å². The Morgan fingerprint density at radius 3 is 2.83 bits per heavy atom. The van der Waals surface area contributed by atoms with Gasteiger partial charge in [0.05, 0.1) is 0 Å². The van der Waals surface area contributed by atoms with Gasteiger partial charge >= 0.3 is 0 Å². The smallest absolute Gasteiger partial charge is 0.125 e. The first-order chi connectivity index (χ1) is 8.63. The summed E-state index contributed by atoms with van der Waals surface area (Å²) in [6.07, 6.45) is 2.60. The van der Waals surface area contributed by atoms with E-state index < -0.39 is 0 Å². The number of benzene rings is 1. The lowest BCUT2D eigenvalue weighted by atomic mass is 10.1. The second-order valence-electron chi connectivity index (χ2n) is 5.78. The van der Waals surface area contributed by atoms with E-state index in [-0.39, 0.29) is 5.82 Å². The molecular weight excluding hydrogens is 227 g/mol. The lowest BCUT2D eigenvalue weighted by Crippen LogP contribution is -2.55. The predicted octanol–water partition coefficient (Wildman–Crippen LogP) is 2.81. The average Bonchev–Trinajstić information content (AvgIpc) is 2.73. The van der Waals surface area contributed by atoms with E-state index in [9.17, 15) is 4.39 Å². The lowest BCUT2D eigenvalue weighted by molar-refractivity contribution is 0.203. The highest BCUT2D eigenvalue weighted by atomic mass is 19.1. The number of halogens is 1. The molecular formula is C15H21FN2. The number of fused-ring (bicyclic) bond motifs is 1. The van der Waals surface area contributed by atoms with Crippen LogP contribution in [0, 0.1) is 12.7 Å². The molecule has 1 aromatic rings. The zero-order valence-electron chi connectivity index (χ0n) is 11.2. The molecule has 18 heavy (non-hydrogen) atoms. The van der Waals surface area contributed by atoms with Gasteiger partial charge in [0, 0.05) is 30.9 Å². The Morgan fingerprint density at radius 1 is 1.22 bits per heavy atom. The highest BCUT2D eigenvalue weighted by molar-refractivity contribution is 5.50. The summed E-state index contributed by atoms with van der Waals surface area (Å²) in [5, 5.41) is 0. The van der Waals surface area contributed by atoms with Crippen molar-refractivity contribution in [1.82, 2.24) is 4.90 Å². The van der Waals surface area contributed by atoms with Crippen LogP contribution in [0.2, 0.25) is 0 Å². The van der Waals surface area contributed by atoms with Crippen LogP contribution in [0.4, 0.5) is 10.1 Å². The Hall–Kier alpha value is -1.09. The SMILES string of the molecule is Cc1cc(F)cc(N2CC3CCCN3CC2C)c1. The molecule has 0 saturated carbocycles. The van der Waals surface area contributed by atoms with E-state index in [4.69, 9.17) is 0 Å². The molecule has 2 aliphatic rings. The summed E-state index contributed by atoms with van der Waals surface area (Å²) in [4.78, 5) is 4.97. The first-order valence-electron chi connectivity index (χ1n) is 6.91. The monoisotopic (exact) mass is 248 g/mol. The van der Waals surface area contributed by atoms with Crippen LogP contribution in [-0.4, -0.2) is 36.6 Å². The first kappa shape index (κ1) is 12.0. The van der Waals surface area contributed by atoms with Crippen LogP contribution >= 0.6 is 0 Å². The van der Waals surface area contributed by atoms with Gasteiger partial charge in [-0.2, -0.15) is 0 Å². The predicted molar refractivity (Wildman–Crippen MR) is 72.5 cm³/mol. The number of hydrogen-bond acceptors (Lipinski definition) is 2. The van der Waals surface area contributed by atoms with E-state index in [0.29, 0.717) is 12.1 Å². The third kappa shape index (κ3) is 2.12. The molecule has 3 rings (SSSR count). The third-order valence-electron chi connectivity index (χ3n) is 4.30. The number of rotatable bonds is 1. The van der Waals surface area contributed by atoms with E-state index in [1.165, 1.54) is 19.4 Å². The standard InChI is InChI=1S/C15H21FN2/c1-11-6-13(16)8-15(7-11)18-10-14-4-3-5-17(14)9-12(18)2/h6-8,12,14H,3-5,9-10H2,1-2H3. The fourth-order valence-corrected chi connectivity index (χ4v) is 3.43. The Balaban J connectivity index is 1.86. The van der Waals surface area contributed by atoms with E-state index in [2.05, 4.69) is 22.8 Å². The second-order valence-corrected chi connectivity index (χ2v) is 5.78. The van der Waals surface area contributed by atoms with E-state index in [1.807, 2.05) is 6.92 Å².